The molecule has 2 aromatic heterocycles. The second-order valence-corrected chi connectivity index (χ2v) is 5.40. The van der Waals surface area contributed by atoms with Gasteiger partial charge in [-0.1, -0.05) is 11.6 Å². The van der Waals surface area contributed by atoms with Crippen molar-refractivity contribution in [1.82, 2.24) is 19.3 Å². The van der Waals surface area contributed by atoms with Crippen LogP contribution in [0.5, 0.6) is 0 Å². The summed E-state index contributed by atoms with van der Waals surface area (Å²) in [6, 6.07) is 5.59. The number of fused-ring (bicyclic) bond motifs is 1. The molecule has 0 unspecified atom stereocenters. The standard InChI is InChI=1S/C14H16ClN5/c1-8-11(9(2)19(3)18-8)7-20-13-6-10(15)4-5-12(13)17-14(20)16/h4-6H,7H2,1-3H3,(H2,16,17). The molecule has 0 saturated heterocycles. The molecule has 0 fully saturated rings. The second-order valence-electron chi connectivity index (χ2n) is 4.96. The van der Waals surface area contributed by atoms with Crippen LogP contribution in [0.3, 0.4) is 0 Å². The summed E-state index contributed by atoms with van der Waals surface area (Å²) in [6.45, 7) is 4.70. The molecule has 0 aliphatic rings. The minimum atomic E-state index is 0.491. The number of imidazole rings is 1. The topological polar surface area (TPSA) is 61.7 Å². The molecule has 3 aromatic rings. The molecule has 2 N–H and O–H groups in total. The van der Waals surface area contributed by atoms with E-state index >= 15 is 0 Å². The van der Waals surface area contributed by atoms with Gasteiger partial charge in [-0.25, -0.2) is 4.98 Å². The van der Waals surface area contributed by atoms with Gasteiger partial charge >= 0.3 is 0 Å². The zero-order valence-electron chi connectivity index (χ0n) is 11.7. The van der Waals surface area contributed by atoms with Crippen LogP contribution in [0.1, 0.15) is 17.0 Å². The van der Waals surface area contributed by atoms with Gasteiger partial charge in [-0.2, -0.15) is 5.10 Å². The Morgan fingerprint density at radius 2 is 2.05 bits per heavy atom. The Bertz CT molecular complexity index is 800. The van der Waals surface area contributed by atoms with Crippen molar-refractivity contribution in [3.8, 4) is 0 Å². The third-order valence-corrected chi connectivity index (χ3v) is 3.95. The van der Waals surface area contributed by atoms with E-state index in [0.29, 0.717) is 17.5 Å². The fraction of sp³-hybridized carbons (Fsp3) is 0.286. The number of nitrogens with two attached hydrogens (primary N) is 1. The van der Waals surface area contributed by atoms with Crippen LogP contribution >= 0.6 is 11.6 Å². The first-order valence-electron chi connectivity index (χ1n) is 6.37. The summed E-state index contributed by atoms with van der Waals surface area (Å²) in [6.07, 6.45) is 0. The van der Waals surface area contributed by atoms with Crippen molar-refractivity contribution < 1.29 is 0 Å². The van der Waals surface area contributed by atoms with E-state index in [1.54, 1.807) is 0 Å². The zero-order valence-corrected chi connectivity index (χ0v) is 12.4. The fourth-order valence-corrected chi connectivity index (χ4v) is 2.65. The van der Waals surface area contributed by atoms with E-state index < -0.39 is 0 Å². The average Bonchev–Trinajstić information content (AvgIpc) is 2.82. The quantitative estimate of drug-likeness (QED) is 0.789. The molecule has 6 heteroatoms. The van der Waals surface area contributed by atoms with Crippen molar-refractivity contribution >= 4 is 28.6 Å². The monoisotopic (exact) mass is 289 g/mol. The van der Waals surface area contributed by atoms with Gasteiger partial charge in [0.15, 0.2) is 0 Å². The average molecular weight is 290 g/mol. The smallest absolute Gasteiger partial charge is 0.201 e. The highest BCUT2D eigenvalue weighted by Crippen LogP contribution is 2.24. The minimum Gasteiger partial charge on any atom is -0.369 e. The lowest BCUT2D eigenvalue weighted by molar-refractivity contribution is 0.728. The van der Waals surface area contributed by atoms with E-state index in [0.717, 1.165) is 22.4 Å². The van der Waals surface area contributed by atoms with E-state index in [2.05, 4.69) is 17.0 Å². The number of aryl methyl sites for hydroxylation is 2. The maximum atomic E-state index is 6.07. The van der Waals surface area contributed by atoms with Crippen LogP contribution in [0.4, 0.5) is 5.95 Å². The summed E-state index contributed by atoms with van der Waals surface area (Å²) in [4.78, 5) is 4.37. The van der Waals surface area contributed by atoms with Gasteiger partial charge in [-0.05, 0) is 32.0 Å². The molecular weight excluding hydrogens is 274 g/mol. The van der Waals surface area contributed by atoms with Crippen LogP contribution in [0.25, 0.3) is 11.0 Å². The molecule has 0 radical (unpaired) electrons. The largest absolute Gasteiger partial charge is 0.369 e. The first kappa shape index (κ1) is 13.0. The molecular formula is C14H16ClN5. The zero-order chi connectivity index (χ0) is 14.4. The number of rotatable bonds is 2. The number of nitrogen functional groups attached to an aromatic ring is 1. The third-order valence-electron chi connectivity index (χ3n) is 3.71. The normalized spacial score (nSPS) is 11.4. The minimum absolute atomic E-state index is 0.491. The number of hydrogen-bond acceptors (Lipinski definition) is 3. The summed E-state index contributed by atoms with van der Waals surface area (Å²) in [7, 11) is 1.94. The first-order valence-corrected chi connectivity index (χ1v) is 6.75. The molecule has 0 atom stereocenters. The Balaban J connectivity index is 2.15. The van der Waals surface area contributed by atoms with Gasteiger partial charge in [0.25, 0.3) is 0 Å². The van der Waals surface area contributed by atoms with Gasteiger partial charge in [0.1, 0.15) is 0 Å². The van der Waals surface area contributed by atoms with Crippen LogP contribution in [-0.2, 0) is 13.6 Å². The van der Waals surface area contributed by atoms with Crippen LogP contribution < -0.4 is 5.73 Å². The summed E-state index contributed by atoms with van der Waals surface area (Å²) in [5, 5.41) is 5.11. The highest BCUT2D eigenvalue weighted by molar-refractivity contribution is 6.31. The Morgan fingerprint density at radius 1 is 1.30 bits per heavy atom. The van der Waals surface area contributed by atoms with Gasteiger partial charge < -0.3 is 10.3 Å². The summed E-state index contributed by atoms with van der Waals surface area (Å²) in [5.74, 6) is 0.491. The number of nitrogens with zero attached hydrogens (tertiary/aromatic N) is 4. The number of anilines is 1. The first-order chi connectivity index (χ1) is 9.47. The molecule has 0 spiro atoms. The highest BCUT2D eigenvalue weighted by Gasteiger charge is 2.14. The maximum Gasteiger partial charge on any atom is 0.201 e. The Labute approximate surface area is 122 Å². The number of aromatic nitrogens is 4. The van der Waals surface area contributed by atoms with E-state index in [9.17, 15) is 0 Å². The lowest BCUT2D eigenvalue weighted by atomic mass is 10.2. The van der Waals surface area contributed by atoms with Gasteiger partial charge in [-0.3, -0.25) is 4.68 Å². The number of hydrogen-bond donors (Lipinski definition) is 1. The number of benzene rings is 1. The van der Waals surface area contributed by atoms with Crippen LogP contribution in [0.2, 0.25) is 5.02 Å². The van der Waals surface area contributed by atoms with E-state index in [-0.39, 0.29) is 0 Å². The molecule has 0 aliphatic carbocycles. The summed E-state index contributed by atoms with van der Waals surface area (Å²) >= 11 is 6.07. The maximum absolute atomic E-state index is 6.07. The Kier molecular flexibility index (Phi) is 2.94. The van der Waals surface area contributed by atoms with Gasteiger partial charge in [0.2, 0.25) is 5.95 Å². The molecule has 0 saturated carbocycles. The Hall–Kier alpha value is -2.01. The lowest BCUT2D eigenvalue weighted by Gasteiger charge is -2.07. The number of halogens is 1. The predicted octanol–water partition coefficient (Wildman–Crippen LogP) is 2.67. The fourth-order valence-electron chi connectivity index (χ4n) is 2.49. The van der Waals surface area contributed by atoms with Crippen molar-refractivity contribution in [2.75, 3.05) is 5.73 Å². The molecule has 5 nitrogen and oxygen atoms in total. The molecule has 0 bridgehead atoms. The van der Waals surface area contributed by atoms with E-state index in [1.807, 2.05) is 41.4 Å². The SMILES string of the molecule is Cc1nn(C)c(C)c1Cn1c(N)nc2ccc(Cl)cc21. The Morgan fingerprint density at radius 3 is 2.70 bits per heavy atom. The molecule has 1 aromatic carbocycles. The molecule has 104 valence electrons. The third kappa shape index (κ3) is 1.94. The molecule has 20 heavy (non-hydrogen) atoms. The van der Waals surface area contributed by atoms with Crippen molar-refractivity contribution in [2.45, 2.75) is 20.4 Å². The second kappa shape index (κ2) is 4.52. The molecule has 3 rings (SSSR count). The van der Waals surface area contributed by atoms with Crippen molar-refractivity contribution in [1.29, 1.82) is 0 Å². The van der Waals surface area contributed by atoms with Crippen molar-refractivity contribution in [3.63, 3.8) is 0 Å². The molecule has 0 amide bonds. The van der Waals surface area contributed by atoms with E-state index in [4.69, 9.17) is 17.3 Å². The van der Waals surface area contributed by atoms with Crippen LogP contribution in [0, 0.1) is 13.8 Å². The molecule has 2 heterocycles. The van der Waals surface area contributed by atoms with Gasteiger partial charge in [0, 0.05) is 23.3 Å². The van der Waals surface area contributed by atoms with Crippen molar-refractivity contribution in [2.24, 2.45) is 7.05 Å². The van der Waals surface area contributed by atoms with Crippen LogP contribution in [-0.4, -0.2) is 19.3 Å². The lowest BCUT2D eigenvalue weighted by Crippen LogP contribution is -2.06. The summed E-state index contributed by atoms with van der Waals surface area (Å²) < 4.78 is 3.85. The highest BCUT2D eigenvalue weighted by atomic mass is 35.5. The van der Waals surface area contributed by atoms with Crippen molar-refractivity contribution in [3.05, 3.63) is 40.2 Å². The van der Waals surface area contributed by atoms with E-state index in [1.165, 1.54) is 5.56 Å². The van der Waals surface area contributed by atoms with Gasteiger partial charge in [0.05, 0.1) is 23.3 Å². The van der Waals surface area contributed by atoms with Gasteiger partial charge in [-0.15, -0.1) is 0 Å². The molecule has 0 aliphatic heterocycles. The van der Waals surface area contributed by atoms with Crippen LogP contribution in [0.15, 0.2) is 18.2 Å². The summed E-state index contributed by atoms with van der Waals surface area (Å²) in [5.41, 5.74) is 11.1. The predicted molar refractivity (Wildman–Crippen MR) is 80.9 cm³/mol.